The lowest BCUT2D eigenvalue weighted by Gasteiger charge is -2.40. The van der Waals surface area contributed by atoms with Gasteiger partial charge in [0, 0.05) is 11.8 Å². The summed E-state index contributed by atoms with van der Waals surface area (Å²) in [4.78, 5) is 13.3. The molecule has 27 heavy (non-hydrogen) atoms. The smallest absolute Gasteiger partial charge is 0.139 e. The summed E-state index contributed by atoms with van der Waals surface area (Å²) >= 11 is 0. The van der Waals surface area contributed by atoms with Crippen molar-refractivity contribution in [3.63, 3.8) is 0 Å². The largest absolute Gasteiger partial charge is 0.299 e. The number of Topliss-reactive ketones (excluding diaryl/α,β-unsaturated/α-hetero) is 1. The van der Waals surface area contributed by atoms with E-state index < -0.39 is 0 Å². The standard InChI is InChI=1S/C26H26O/c27-25-17-16-24(23-14-8-3-9-15-23)20-26(25,18-21-10-4-1-5-11-21)19-22-12-6-2-7-13-22/h1-15,24H,16-20H2. The van der Waals surface area contributed by atoms with Crippen LogP contribution in [0.1, 0.15) is 41.9 Å². The third-order valence-corrected chi connectivity index (χ3v) is 5.99. The van der Waals surface area contributed by atoms with E-state index in [4.69, 9.17) is 0 Å². The van der Waals surface area contributed by atoms with Crippen LogP contribution in [0.25, 0.3) is 0 Å². The predicted molar refractivity (Wildman–Crippen MR) is 111 cm³/mol. The molecule has 0 amide bonds. The van der Waals surface area contributed by atoms with Crippen molar-refractivity contribution in [2.75, 3.05) is 0 Å². The van der Waals surface area contributed by atoms with E-state index in [2.05, 4.69) is 78.9 Å². The van der Waals surface area contributed by atoms with Crippen molar-refractivity contribution in [2.24, 2.45) is 5.41 Å². The first-order valence-electron chi connectivity index (χ1n) is 9.91. The lowest BCUT2D eigenvalue weighted by atomic mass is 9.62. The molecule has 1 heteroatoms. The second-order valence-electron chi connectivity index (χ2n) is 7.88. The molecule has 0 aromatic heterocycles. The Labute approximate surface area is 162 Å². The van der Waals surface area contributed by atoms with Gasteiger partial charge >= 0.3 is 0 Å². The molecule has 1 saturated carbocycles. The van der Waals surface area contributed by atoms with Crippen LogP contribution >= 0.6 is 0 Å². The zero-order valence-electron chi connectivity index (χ0n) is 15.7. The maximum Gasteiger partial charge on any atom is 0.139 e. The molecule has 0 aliphatic heterocycles. The Morgan fingerprint density at radius 2 is 1.19 bits per heavy atom. The van der Waals surface area contributed by atoms with E-state index in [1.165, 1.54) is 16.7 Å². The molecule has 1 aliphatic carbocycles. The third kappa shape index (κ3) is 4.03. The van der Waals surface area contributed by atoms with E-state index >= 15 is 0 Å². The van der Waals surface area contributed by atoms with Crippen molar-refractivity contribution < 1.29 is 4.79 Å². The van der Waals surface area contributed by atoms with Gasteiger partial charge in [0.25, 0.3) is 0 Å². The predicted octanol–water partition coefficient (Wildman–Crippen LogP) is 6.00. The lowest BCUT2D eigenvalue weighted by molar-refractivity contribution is -0.132. The van der Waals surface area contributed by atoms with Crippen LogP contribution in [0.15, 0.2) is 91.0 Å². The van der Waals surface area contributed by atoms with Gasteiger partial charge in [0.15, 0.2) is 0 Å². The third-order valence-electron chi connectivity index (χ3n) is 5.99. The van der Waals surface area contributed by atoms with E-state index in [1.54, 1.807) is 0 Å². The van der Waals surface area contributed by atoms with E-state index in [9.17, 15) is 4.79 Å². The van der Waals surface area contributed by atoms with Crippen LogP contribution in [0.3, 0.4) is 0 Å². The topological polar surface area (TPSA) is 17.1 Å². The molecule has 136 valence electrons. The van der Waals surface area contributed by atoms with Crippen LogP contribution in [-0.2, 0) is 17.6 Å². The Morgan fingerprint density at radius 3 is 1.70 bits per heavy atom. The van der Waals surface area contributed by atoms with Gasteiger partial charge in [-0.3, -0.25) is 4.79 Å². The first kappa shape index (κ1) is 17.7. The zero-order chi connectivity index (χ0) is 18.5. The number of carbonyl (C=O) groups is 1. The Hall–Kier alpha value is -2.67. The number of benzene rings is 3. The van der Waals surface area contributed by atoms with E-state index in [1.807, 2.05) is 12.1 Å². The molecule has 0 radical (unpaired) electrons. The van der Waals surface area contributed by atoms with Crippen molar-refractivity contribution in [3.8, 4) is 0 Å². The number of rotatable bonds is 5. The lowest BCUT2D eigenvalue weighted by Crippen LogP contribution is -2.41. The number of carbonyl (C=O) groups excluding carboxylic acids is 1. The molecule has 1 nitrogen and oxygen atoms in total. The highest BCUT2D eigenvalue weighted by Crippen LogP contribution is 2.45. The average Bonchev–Trinajstić information content (AvgIpc) is 2.72. The molecule has 0 spiro atoms. The quantitative estimate of drug-likeness (QED) is 0.549. The average molecular weight is 354 g/mol. The summed E-state index contributed by atoms with van der Waals surface area (Å²) in [7, 11) is 0. The molecule has 3 aromatic rings. The highest BCUT2D eigenvalue weighted by atomic mass is 16.1. The first-order chi connectivity index (χ1) is 13.3. The summed E-state index contributed by atoms with van der Waals surface area (Å²) in [5.41, 5.74) is 3.57. The van der Waals surface area contributed by atoms with Gasteiger partial charge in [-0.15, -0.1) is 0 Å². The summed E-state index contributed by atoms with van der Waals surface area (Å²) in [5, 5.41) is 0. The van der Waals surface area contributed by atoms with Gasteiger partial charge in [-0.25, -0.2) is 0 Å². The molecule has 3 aromatic carbocycles. The minimum Gasteiger partial charge on any atom is -0.299 e. The Morgan fingerprint density at radius 1 is 0.704 bits per heavy atom. The summed E-state index contributed by atoms with van der Waals surface area (Å²) in [5.74, 6) is 0.888. The Kier molecular flexibility index (Phi) is 5.20. The molecule has 1 unspecified atom stereocenters. The van der Waals surface area contributed by atoms with E-state index in [-0.39, 0.29) is 5.41 Å². The monoisotopic (exact) mass is 354 g/mol. The molecular weight excluding hydrogens is 328 g/mol. The van der Waals surface area contributed by atoms with Crippen molar-refractivity contribution in [2.45, 2.75) is 38.0 Å². The van der Waals surface area contributed by atoms with Crippen molar-refractivity contribution in [1.29, 1.82) is 0 Å². The Bertz CT molecular complexity index is 826. The van der Waals surface area contributed by atoms with Crippen LogP contribution in [0.2, 0.25) is 0 Å². The number of ketones is 1. The minimum atomic E-state index is -0.318. The highest BCUT2D eigenvalue weighted by Gasteiger charge is 2.43. The van der Waals surface area contributed by atoms with Crippen LogP contribution < -0.4 is 0 Å². The molecular formula is C26H26O. The van der Waals surface area contributed by atoms with Crippen LogP contribution in [0.4, 0.5) is 0 Å². The molecule has 0 N–H and O–H groups in total. The van der Waals surface area contributed by atoms with Gasteiger partial charge in [-0.2, -0.15) is 0 Å². The molecule has 0 heterocycles. The van der Waals surface area contributed by atoms with Gasteiger partial charge in [-0.05, 0) is 48.3 Å². The molecule has 1 fully saturated rings. The maximum atomic E-state index is 13.3. The maximum absolute atomic E-state index is 13.3. The van der Waals surface area contributed by atoms with Gasteiger partial charge in [0.2, 0.25) is 0 Å². The zero-order valence-corrected chi connectivity index (χ0v) is 15.7. The second-order valence-corrected chi connectivity index (χ2v) is 7.88. The second kappa shape index (κ2) is 7.92. The van der Waals surface area contributed by atoms with Crippen LogP contribution in [0.5, 0.6) is 0 Å². The minimum absolute atomic E-state index is 0.318. The molecule has 0 bridgehead atoms. The van der Waals surface area contributed by atoms with Gasteiger partial charge < -0.3 is 0 Å². The normalized spacial score (nSPS) is 19.0. The number of hydrogen-bond donors (Lipinski definition) is 0. The van der Waals surface area contributed by atoms with Crippen LogP contribution in [-0.4, -0.2) is 5.78 Å². The molecule has 1 aliphatic rings. The van der Waals surface area contributed by atoms with Crippen molar-refractivity contribution in [3.05, 3.63) is 108 Å². The Balaban J connectivity index is 1.69. The molecule has 4 rings (SSSR count). The van der Waals surface area contributed by atoms with Crippen molar-refractivity contribution >= 4 is 5.78 Å². The first-order valence-corrected chi connectivity index (χ1v) is 9.91. The van der Waals surface area contributed by atoms with Gasteiger partial charge in [-0.1, -0.05) is 91.0 Å². The van der Waals surface area contributed by atoms with Gasteiger partial charge in [0.1, 0.15) is 5.78 Å². The van der Waals surface area contributed by atoms with Crippen molar-refractivity contribution in [1.82, 2.24) is 0 Å². The summed E-state index contributed by atoms with van der Waals surface area (Å²) < 4.78 is 0. The van der Waals surface area contributed by atoms with Gasteiger partial charge in [0.05, 0.1) is 0 Å². The van der Waals surface area contributed by atoms with Crippen LogP contribution in [0, 0.1) is 5.41 Å². The highest BCUT2D eigenvalue weighted by molar-refractivity contribution is 5.86. The fourth-order valence-corrected chi connectivity index (χ4v) is 4.64. The fraction of sp³-hybridized carbons (Fsp3) is 0.269. The molecule has 1 atom stereocenters. The summed E-state index contributed by atoms with van der Waals surface area (Å²) in [6.07, 6.45) is 4.23. The summed E-state index contributed by atoms with van der Waals surface area (Å²) in [6, 6.07) is 31.8. The SMILES string of the molecule is O=C1CCC(c2ccccc2)CC1(Cc1ccccc1)Cc1ccccc1. The van der Waals surface area contributed by atoms with E-state index in [0.29, 0.717) is 18.1 Å². The van der Waals surface area contributed by atoms with E-state index in [0.717, 1.165) is 25.7 Å². The summed E-state index contributed by atoms with van der Waals surface area (Å²) in [6.45, 7) is 0. The fourth-order valence-electron chi connectivity index (χ4n) is 4.64. The molecule has 0 saturated heterocycles. The number of hydrogen-bond acceptors (Lipinski definition) is 1.